The van der Waals surface area contributed by atoms with Crippen LogP contribution < -0.4 is 10.6 Å². The zero-order valence-electron chi connectivity index (χ0n) is 18.5. The van der Waals surface area contributed by atoms with E-state index in [1.165, 1.54) is 6.08 Å². The molecular weight excluding hydrogens is 388 g/mol. The van der Waals surface area contributed by atoms with Crippen molar-refractivity contribution in [2.24, 2.45) is 11.8 Å². The maximum absolute atomic E-state index is 13.0. The van der Waals surface area contributed by atoms with Crippen molar-refractivity contribution in [3.63, 3.8) is 0 Å². The molecule has 0 bridgehead atoms. The van der Waals surface area contributed by atoms with Crippen LogP contribution in [0, 0.1) is 11.8 Å². The van der Waals surface area contributed by atoms with E-state index >= 15 is 0 Å². The molecule has 2 fully saturated rings. The van der Waals surface area contributed by atoms with Crippen LogP contribution in [0.3, 0.4) is 0 Å². The van der Waals surface area contributed by atoms with Crippen molar-refractivity contribution in [3.05, 3.63) is 12.7 Å². The van der Waals surface area contributed by atoms with Gasteiger partial charge in [-0.05, 0) is 37.9 Å². The Labute approximate surface area is 175 Å². The highest BCUT2D eigenvalue weighted by molar-refractivity contribution is 6.74. The van der Waals surface area contributed by atoms with Crippen LogP contribution >= 0.6 is 0 Å². The molecule has 1 saturated heterocycles. The Bertz CT molecular complexity index is 658. The van der Waals surface area contributed by atoms with Crippen LogP contribution in [0.15, 0.2) is 12.7 Å². The molecule has 0 radical (unpaired) electrons. The van der Waals surface area contributed by atoms with Crippen LogP contribution in [0.25, 0.3) is 0 Å². The molecule has 0 aromatic heterocycles. The van der Waals surface area contributed by atoms with Crippen molar-refractivity contribution in [2.75, 3.05) is 6.61 Å². The number of carbonyl (C=O) groups is 3. The number of ether oxygens (including phenoxy) is 1. The predicted octanol–water partition coefficient (Wildman–Crippen LogP) is 3.16. The highest BCUT2D eigenvalue weighted by atomic mass is 28.4. The van der Waals surface area contributed by atoms with Gasteiger partial charge in [0.15, 0.2) is 14.1 Å². The Balaban J connectivity index is 2.05. The third-order valence-electron chi connectivity index (χ3n) is 6.57. The van der Waals surface area contributed by atoms with Gasteiger partial charge >= 0.3 is 6.09 Å². The van der Waals surface area contributed by atoms with E-state index in [0.717, 1.165) is 6.42 Å². The molecule has 164 valence electrons. The predicted molar refractivity (Wildman–Crippen MR) is 114 cm³/mol. The van der Waals surface area contributed by atoms with Gasteiger partial charge in [-0.25, -0.2) is 4.79 Å². The van der Waals surface area contributed by atoms with Gasteiger partial charge in [-0.2, -0.15) is 0 Å². The van der Waals surface area contributed by atoms with Gasteiger partial charge in [0.25, 0.3) is 0 Å². The number of carbonyl (C=O) groups excluding carboxylic acids is 3. The van der Waals surface area contributed by atoms with E-state index in [0.29, 0.717) is 12.8 Å². The Morgan fingerprint density at radius 2 is 2.00 bits per heavy atom. The summed E-state index contributed by atoms with van der Waals surface area (Å²) in [6.45, 7) is 16.3. The zero-order chi connectivity index (χ0) is 22.0. The number of Topliss-reactive ketones (excluding diaryl/α,β-unsaturated/α-hetero) is 1. The van der Waals surface area contributed by atoms with Crippen molar-refractivity contribution >= 4 is 26.1 Å². The molecule has 5 atom stereocenters. The molecule has 0 aromatic carbocycles. The monoisotopic (exact) mass is 424 g/mol. The number of β-lactam (4-membered cyclic amide) rings is 1. The average Bonchev–Trinajstić information content (AvgIpc) is 2.58. The maximum atomic E-state index is 13.0. The van der Waals surface area contributed by atoms with Gasteiger partial charge in [0.1, 0.15) is 6.61 Å². The summed E-state index contributed by atoms with van der Waals surface area (Å²) < 4.78 is 11.4. The lowest BCUT2D eigenvalue weighted by Crippen LogP contribution is -2.68. The molecule has 7 nitrogen and oxygen atoms in total. The summed E-state index contributed by atoms with van der Waals surface area (Å²) in [6.07, 6.45) is 2.69. The number of hydrogen-bond acceptors (Lipinski definition) is 5. The average molecular weight is 425 g/mol. The smallest absolute Gasteiger partial charge is 0.408 e. The SMILES string of the molecule is C=CCOC(=O)N[C@H]1CCC[C@@H](C2NC(=O)C2[C@@H](C)O[Si](C)(C)C(C)(C)C)C1=O. The van der Waals surface area contributed by atoms with E-state index in [4.69, 9.17) is 9.16 Å². The molecule has 1 saturated carbocycles. The maximum Gasteiger partial charge on any atom is 0.408 e. The van der Waals surface area contributed by atoms with E-state index < -0.39 is 20.5 Å². The molecule has 2 rings (SSSR count). The van der Waals surface area contributed by atoms with Gasteiger partial charge in [-0.15, -0.1) is 0 Å². The van der Waals surface area contributed by atoms with E-state index in [1.807, 2.05) is 6.92 Å². The normalized spacial score (nSPS) is 28.8. The van der Waals surface area contributed by atoms with Gasteiger partial charge in [-0.1, -0.05) is 39.8 Å². The van der Waals surface area contributed by atoms with Gasteiger partial charge in [0.2, 0.25) is 5.91 Å². The fraction of sp³-hybridized carbons (Fsp3) is 0.762. The van der Waals surface area contributed by atoms with Crippen LogP contribution in [-0.4, -0.2) is 50.9 Å². The fourth-order valence-electron chi connectivity index (χ4n) is 3.89. The number of alkyl carbamates (subject to hydrolysis) is 1. The number of amides is 2. The van der Waals surface area contributed by atoms with Gasteiger partial charge in [0.05, 0.1) is 24.1 Å². The fourth-order valence-corrected chi connectivity index (χ4v) is 5.32. The Morgan fingerprint density at radius 1 is 1.34 bits per heavy atom. The first kappa shape index (κ1) is 23.6. The van der Waals surface area contributed by atoms with Crippen molar-refractivity contribution in [2.45, 2.75) is 83.3 Å². The van der Waals surface area contributed by atoms with Crippen molar-refractivity contribution in [1.29, 1.82) is 0 Å². The lowest BCUT2D eigenvalue weighted by atomic mass is 9.70. The topological polar surface area (TPSA) is 93.7 Å². The lowest BCUT2D eigenvalue weighted by molar-refractivity contribution is -0.146. The molecule has 1 aliphatic carbocycles. The van der Waals surface area contributed by atoms with Gasteiger partial charge in [-0.3, -0.25) is 9.59 Å². The molecule has 1 heterocycles. The highest BCUT2D eigenvalue weighted by Gasteiger charge is 2.52. The molecule has 29 heavy (non-hydrogen) atoms. The lowest BCUT2D eigenvalue weighted by Gasteiger charge is -2.48. The Hall–Kier alpha value is -1.67. The number of nitrogens with one attached hydrogen (secondary N) is 2. The minimum atomic E-state index is -2.03. The minimum absolute atomic E-state index is 0.0401. The molecule has 1 aliphatic heterocycles. The Morgan fingerprint density at radius 3 is 2.55 bits per heavy atom. The quantitative estimate of drug-likeness (QED) is 0.372. The third-order valence-corrected chi connectivity index (χ3v) is 11.1. The number of ketones is 1. The summed E-state index contributed by atoms with van der Waals surface area (Å²) >= 11 is 0. The van der Waals surface area contributed by atoms with E-state index in [9.17, 15) is 14.4 Å². The number of rotatable bonds is 7. The summed E-state index contributed by atoms with van der Waals surface area (Å²) in [7, 11) is -2.03. The molecule has 2 amide bonds. The van der Waals surface area contributed by atoms with E-state index in [2.05, 4.69) is 51.1 Å². The van der Waals surface area contributed by atoms with Crippen molar-refractivity contribution in [3.8, 4) is 0 Å². The standard InChI is InChI=1S/C21H36N2O5Si/c1-8-12-27-20(26)22-15-11-9-10-14(18(15)24)17-16(19(25)23-17)13(2)28-29(6,7)21(3,4)5/h8,13-17H,1,9-12H2,2-7H3,(H,22,26)(H,23,25)/t13-,14+,15+,16?,17?/m1/s1. The van der Waals surface area contributed by atoms with Crippen LogP contribution in [0.2, 0.25) is 18.1 Å². The first-order valence-corrected chi connectivity index (χ1v) is 13.4. The third kappa shape index (κ3) is 5.28. The first-order chi connectivity index (χ1) is 13.4. The largest absolute Gasteiger partial charge is 0.445 e. The summed E-state index contributed by atoms with van der Waals surface area (Å²) in [4.78, 5) is 37.2. The van der Waals surface area contributed by atoms with E-state index in [-0.39, 0.29) is 47.3 Å². The van der Waals surface area contributed by atoms with Crippen molar-refractivity contribution in [1.82, 2.24) is 10.6 Å². The molecule has 0 aromatic rings. The van der Waals surface area contributed by atoms with E-state index in [1.54, 1.807) is 0 Å². The summed E-state index contributed by atoms with van der Waals surface area (Å²) in [5, 5.41) is 5.62. The van der Waals surface area contributed by atoms with Crippen molar-refractivity contribution < 1.29 is 23.5 Å². The van der Waals surface area contributed by atoms with Crippen LogP contribution in [-0.2, 0) is 18.8 Å². The molecule has 8 heteroatoms. The molecule has 2 N–H and O–H groups in total. The molecule has 0 spiro atoms. The second-order valence-corrected chi connectivity index (χ2v) is 14.4. The summed E-state index contributed by atoms with van der Waals surface area (Å²) in [6, 6.07) is -0.829. The van der Waals surface area contributed by atoms with Gasteiger partial charge < -0.3 is 19.8 Å². The number of hydrogen-bond donors (Lipinski definition) is 2. The minimum Gasteiger partial charge on any atom is -0.445 e. The summed E-state index contributed by atoms with van der Waals surface area (Å²) in [5.74, 6) is -0.762. The van der Waals surface area contributed by atoms with Gasteiger partial charge in [0, 0.05) is 5.92 Å². The highest BCUT2D eigenvalue weighted by Crippen LogP contribution is 2.40. The molecular formula is C21H36N2O5Si. The second-order valence-electron chi connectivity index (χ2n) is 9.67. The molecule has 2 aliphatic rings. The van der Waals surface area contributed by atoms with Crippen LogP contribution in [0.1, 0.15) is 47.0 Å². The van der Waals surface area contributed by atoms with Crippen LogP contribution in [0.5, 0.6) is 0 Å². The summed E-state index contributed by atoms with van der Waals surface area (Å²) in [5.41, 5.74) is 0. The zero-order valence-corrected chi connectivity index (χ0v) is 19.5. The first-order valence-electron chi connectivity index (χ1n) is 10.4. The molecule has 2 unspecified atom stereocenters. The second kappa shape index (κ2) is 9.00. The Kier molecular flexibility index (Phi) is 7.32. The van der Waals surface area contributed by atoms with Crippen LogP contribution in [0.4, 0.5) is 4.79 Å².